The second-order valence-electron chi connectivity index (χ2n) is 7.60. The number of carbonyl (C=O) groups is 2. The summed E-state index contributed by atoms with van der Waals surface area (Å²) >= 11 is 0. The van der Waals surface area contributed by atoms with Crippen molar-refractivity contribution in [2.24, 2.45) is 14.1 Å². The Balaban J connectivity index is 1.53. The molecule has 0 aliphatic carbocycles. The monoisotopic (exact) mass is 438 g/mol. The molecule has 3 aromatic heterocycles. The minimum atomic E-state index is -0.571. The summed E-state index contributed by atoms with van der Waals surface area (Å²) in [6.45, 7) is 0.743. The first-order chi connectivity index (χ1) is 15.3. The number of aromatic nitrogens is 6. The van der Waals surface area contributed by atoms with Crippen LogP contribution in [-0.4, -0.2) is 64.5 Å². The predicted octanol–water partition coefficient (Wildman–Crippen LogP) is -0.932. The van der Waals surface area contributed by atoms with Crippen molar-refractivity contribution in [1.82, 2.24) is 39.1 Å². The van der Waals surface area contributed by atoms with E-state index in [4.69, 9.17) is 0 Å². The van der Waals surface area contributed by atoms with Crippen molar-refractivity contribution in [1.29, 1.82) is 0 Å². The van der Waals surface area contributed by atoms with Gasteiger partial charge in [0.05, 0.1) is 18.8 Å². The van der Waals surface area contributed by atoms with Crippen molar-refractivity contribution >= 4 is 11.8 Å². The summed E-state index contributed by atoms with van der Waals surface area (Å²) in [5.74, 6) is -0.193. The Morgan fingerprint density at radius 2 is 1.88 bits per heavy atom. The van der Waals surface area contributed by atoms with E-state index in [2.05, 4.69) is 20.2 Å². The smallest absolute Gasteiger partial charge is 0.331 e. The van der Waals surface area contributed by atoms with E-state index in [1.54, 1.807) is 25.5 Å². The van der Waals surface area contributed by atoms with E-state index in [1.165, 1.54) is 23.9 Å². The molecule has 0 unspecified atom stereocenters. The first kappa shape index (κ1) is 21.2. The number of aromatic amines is 1. The summed E-state index contributed by atoms with van der Waals surface area (Å²) in [6.07, 6.45) is 3.63. The average molecular weight is 438 g/mol. The first-order valence-corrected chi connectivity index (χ1v) is 9.91. The number of nitrogens with zero attached hydrogens (tertiary/aromatic N) is 7. The molecule has 0 aromatic carbocycles. The molecule has 0 atom stereocenters. The lowest BCUT2D eigenvalue weighted by molar-refractivity contribution is 0.0720. The topological polar surface area (TPSA) is 139 Å². The van der Waals surface area contributed by atoms with Crippen LogP contribution < -0.4 is 11.2 Å². The maximum absolute atomic E-state index is 13.0. The van der Waals surface area contributed by atoms with Crippen LogP contribution in [0, 0.1) is 0 Å². The van der Waals surface area contributed by atoms with Crippen LogP contribution in [-0.2, 0) is 33.6 Å². The largest absolute Gasteiger partial charge is 0.333 e. The zero-order valence-electron chi connectivity index (χ0n) is 17.9. The molecule has 0 bridgehead atoms. The van der Waals surface area contributed by atoms with Gasteiger partial charge in [-0.05, 0) is 12.5 Å². The molecule has 1 aliphatic heterocycles. The quantitative estimate of drug-likeness (QED) is 0.555. The molecule has 3 aromatic rings. The third-order valence-corrected chi connectivity index (χ3v) is 5.51. The average Bonchev–Trinajstić information content (AvgIpc) is 3.23. The fourth-order valence-electron chi connectivity index (χ4n) is 3.64. The van der Waals surface area contributed by atoms with Crippen LogP contribution in [0.15, 0.2) is 34.1 Å². The van der Waals surface area contributed by atoms with Gasteiger partial charge in [-0.15, -0.1) is 0 Å². The minimum Gasteiger partial charge on any atom is -0.333 e. The van der Waals surface area contributed by atoms with E-state index in [-0.39, 0.29) is 24.7 Å². The molecule has 12 nitrogen and oxygen atoms in total. The van der Waals surface area contributed by atoms with E-state index in [9.17, 15) is 19.2 Å². The summed E-state index contributed by atoms with van der Waals surface area (Å²) in [5, 5.41) is 7.03. The zero-order valence-corrected chi connectivity index (χ0v) is 17.9. The third kappa shape index (κ3) is 3.70. The molecule has 0 radical (unpaired) electrons. The van der Waals surface area contributed by atoms with Gasteiger partial charge >= 0.3 is 5.69 Å². The van der Waals surface area contributed by atoms with Crippen molar-refractivity contribution in [3.05, 3.63) is 73.8 Å². The summed E-state index contributed by atoms with van der Waals surface area (Å²) in [4.78, 5) is 61.3. The zero-order chi connectivity index (χ0) is 23.0. The Bertz CT molecular complexity index is 1310. The molecule has 1 N–H and O–H groups in total. The predicted molar refractivity (Wildman–Crippen MR) is 112 cm³/mol. The summed E-state index contributed by atoms with van der Waals surface area (Å²) < 4.78 is 2.09. The lowest BCUT2D eigenvalue weighted by Gasteiger charge is -2.27. The molecular weight excluding hydrogens is 416 g/mol. The number of amides is 2. The van der Waals surface area contributed by atoms with Crippen LogP contribution in [0.4, 0.5) is 0 Å². The van der Waals surface area contributed by atoms with Crippen molar-refractivity contribution in [2.45, 2.75) is 19.5 Å². The van der Waals surface area contributed by atoms with Gasteiger partial charge in [0.25, 0.3) is 17.4 Å². The Labute approximate surface area is 182 Å². The van der Waals surface area contributed by atoms with E-state index in [0.717, 1.165) is 20.8 Å². The minimum absolute atomic E-state index is 0.0139. The lowest BCUT2D eigenvalue weighted by atomic mass is 10.0. The number of hydrogen-bond donors (Lipinski definition) is 1. The molecule has 0 saturated carbocycles. The van der Waals surface area contributed by atoms with E-state index in [1.807, 2.05) is 0 Å². The number of fused-ring (bicyclic) bond motifs is 1. The first-order valence-electron chi connectivity index (χ1n) is 9.91. The maximum atomic E-state index is 13.0. The SMILES string of the molecule is CN(Cc1ncccn1)C(=O)c1n[nH]c2c1CCN(C(=O)c1cc(=O)n(C)c(=O)n1C)C2. The van der Waals surface area contributed by atoms with Gasteiger partial charge in [-0.3, -0.25) is 28.6 Å². The Morgan fingerprint density at radius 3 is 2.59 bits per heavy atom. The molecule has 0 spiro atoms. The Kier molecular flexibility index (Phi) is 5.43. The van der Waals surface area contributed by atoms with Crippen LogP contribution in [0.3, 0.4) is 0 Å². The molecule has 12 heteroatoms. The van der Waals surface area contributed by atoms with Gasteiger partial charge in [-0.25, -0.2) is 14.8 Å². The molecule has 2 amide bonds. The second kappa shape index (κ2) is 8.21. The summed E-state index contributed by atoms with van der Waals surface area (Å²) in [7, 11) is 4.45. The number of hydrogen-bond acceptors (Lipinski definition) is 7. The number of rotatable bonds is 4. The fourth-order valence-corrected chi connectivity index (χ4v) is 3.64. The highest BCUT2D eigenvalue weighted by Crippen LogP contribution is 2.22. The second-order valence-corrected chi connectivity index (χ2v) is 7.60. The van der Waals surface area contributed by atoms with Gasteiger partial charge in [0.15, 0.2) is 5.69 Å². The molecule has 4 heterocycles. The number of carbonyl (C=O) groups excluding carboxylic acids is 2. The van der Waals surface area contributed by atoms with E-state index < -0.39 is 17.2 Å². The van der Waals surface area contributed by atoms with Gasteiger partial charge in [-0.2, -0.15) is 5.10 Å². The van der Waals surface area contributed by atoms with E-state index >= 15 is 0 Å². The van der Waals surface area contributed by atoms with Crippen LogP contribution in [0.5, 0.6) is 0 Å². The lowest BCUT2D eigenvalue weighted by Crippen LogP contribution is -2.43. The van der Waals surface area contributed by atoms with Gasteiger partial charge < -0.3 is 9.80 Å². The standard InChI is InChI=1S/C20H22N8O4/c1-25(11-15-21-6-4-7-22-15)19(31)17-12-5-8-28(10-13(12)23-24-17)18(30)14-9-16(29)27(3)20(32)26(14)2/h4,6-7,9H,5,8,10-11H2,1-3H3,(H,23,24). The van der Waals surface area contributed by atoms with E-state index in [0.29, 0.717) is 30.2 Å². The highest BCUT2D eigenvalue weighted by Gasteiger charge is 2.30. The maximum Gasteiger partial charge on any atom is 0.331 e. The Morgan fingerprint density at radius 1 is 1.16 bits per heavy atom. The highest BCUT2D eigenvalue weighted by molar-refractivity contribution is 5.95. The summed E-state index contributed by atoms with van der Waals surface area (Å²) in [5.41, 5.74) is 0.586. The highest BCUT2D eigenvalue weighted by atomic mass is 16.2. The van der Waals surface area contributed by atoms with Crippen LogP contribution in [0.1, 0.15) is 38.1 Å². The molecule has 4 rings (SSSR count). The van der Waals surface area contributed by atoms with Gasteiger partial charge in [0, 0.05) is 51.7 Å². The van der Waals surface area contributed by atoms with Gasteiger partial charge in [-0.1, -0.05) is 0 Å². The van der Waals surface area contributed by atoms with Crippen molar-refractivity contribution in [3.63, 3.8) is 0 Å². The van der Waals surface area contributed by atoms with Crippen molar-refractivity contribution < 1.29 is 9.59 Å². The molecule has 0 saturated heterocycles. The molecule has 0 fully saturated rings. The third-order valence-electron chi connectivity index (χ3n) is 5.51. The van der Waals surface area contributed by atoms with Gasteiger partial charge in [0.2, 0.25) is 0 Å². The molecule has 32 heavy (non-hydrogen) atoms. The van der Waals surface area contributed by atoms with Crippen LogP contribution in [0.2, 0.25) is 0 Å². The van der Waals surface area contributed by atoms with Crippen LogP contribution >= 0.6 is 0 Å². The number of H-pyrrole nitrogens is 1. The van der Waals surface area contributed by atoms with Gasteiger partial charge in [0.1, 0.15) is 11.5 Å². The van der Waals surface area contributed by atoms with Crippen molar-refractivity contribution in [3.8, 4) is 0 Å². The van der Waals surface area contributed by atoms with Crippen molar-refractivity contribution in [2.75, 3.05) is 13.6 Å². The fraction of sp³-hybridized carbons (Fsp3) is 0.350. The number of nitrogens with one attached hydrogen (secondary N) is 1. The Hall–Kier alpha value is -4.09. The summed E-state index contributed by atoms with van der Waals surface area (Å²) in [6, 6.07) is 2.86. The van der Waals surface area contributed by atoms with Crippen LogP contribution in [0.25, 0.3) is 0 Å². The molecule has 1 aliphatic rings. The molecule has 166 valence electrons. The molecular formula is C20H22N8O4. The normalized spacial score (nSPS) is 13.0.